The van der Waals surface area contributed by atoms with Crippen LogP contribution in [0.25, 0.3) is 0 Å². The topological polar surface area (TPSA) is 75.9 Å². The number of nitrogens with two attached hydrogens (primary N) is 1. The molecule has 0 radical (unpaired) electrons. The summed E-state index contributed by atoms with van der Waals surface area (Å²) in [4.78, 5) is 9.53. The third kappa shape index (κ3) is 5.18. The van der Waals surface area contributed by atoms with Gasteiger partial charge in [-0.2, -0.15) is 4.57 Å². The van der Waals surface area contributed by atoms with Crippen molar-refractivity contribution in [2.24, 2.45) is 0 Å². The Hall–Kier alpha value is 0.730. The van der Waals surface area contributed by atoms with Gasteiger partial charge < -0.3 is 12.3 Å². The van der Waals surface area contributed by atoms with Gasteiger partial charge in [0.15, 0.2) is 12.2 Å². The Morgan fingerprint density at radius 1 is 1.45 bits per heavy atom. The summed E-state index contributed by atoms with van der Waals surface area (Å²) in [6.45, 7) is 4.71. The van der Waals surface area contributed by atoms with E-state index in [-0.39, 0.29) is 78.9 Å². The normalized spacial score (nSPS) is 9.75. The molecule has 0 aliphatic carbocycles. The first-order valence-electron chi connectivity index (χ1n) is 5.77. The summed E-state index contributed by atoms with van der Waals surface area (Å²) in [6.07, 6.45) is 2.47. The van der Waals surface area contributed by atoms with E-state index in [0.717, 1.165) is 11.3 Å². The van der Waals surface area contributed by atoms with Gasteiger partial charge in [-0.3, -0.25) is 0 Å². The van der Waals surface area contributed by atoms with Crippen LogP contribution in [-0.2, 0) is 32.4 Å². The molecular formula is C12H18KN4OSZn+. The van der Waals surface area contributed by atoms with Crippen LogP contribution in [0.3, 0.4) is 0 Å². The average molecular weight is 371 g/mol. The van der Waals surface area contributed by atoms with Gasteiger partial charge in [-0.25, -0.2) is 9.97 Å². The van der Waals surface area contributed by atoms with Gasteiger partial charge in [-0.05, 0) is 6.92 Å². The number of nitrogen functional groups attached to an aromatic ring is 1. The maximum Gasteiger partial charge on any atom is 1.00 e. The third-order valence-electron chi connectivity index (χ3n) is 2.85. The van der Waals surface area contributed by atoms with E-state index in [0.29, 0.717) is 24.6 Å². The summed E-state index contributed by atoms with van der Waals surface area (Å²) in [5, 5.41) is 8.98. The monoisotopic (exact) mass is 369 g/mol. The van der Waals surface area contributed by atoms with Crippen LogP contribution in [0.1, 0.15) is 23.4 Å². The number of aliphatic hydroxyl groups excluding tert-OH is 1. The van der Waals surface area contributed by atoms with Crippen molar-refractivity contribution >= 4 is 17.2 Å². The molecule has 0 aromatic carbocycles. The quantitative estimate of drug-likeness (QED) is 0.470. The smallest absolute Gasteiger partial charge is 1.00 e. The largest absolute Gasteiger partial charge is 1.00 e. The van der Waals surface area contributed by atoms with Gasteiger partial charge in [0.05, 0.1) is 10.4 Å². The summed E-state index contributed by atoms with van der Waals surface area (Å²) >= 11 is 1.65. The number of aliphatic hydroxyl groups is 1. The van der Waals surface area contributed by atoms with Crippen molar-refractivity contribution in [3.63, 3.8) is 0 Å². The third-order valence-corrected chi connectivity index (χ3v) is 4.00. The zero-order valence-corrected chi connectivity index (χ0v) is 19.2. The molecule has 3 N–H and O–H groups in total. The van der Waals surface area contributed by atoms with E-state index in [1.807, 2.05) is 19.4 Å². The minimum absolute atomic E-state index is 0. The Balaban J connectivity index is 0. The van der Waals surface area contributed by atoms with Crippen LogP contribution >= 0.6 is 11.3 Å². The predicted octanol–water partition coefficient (Wildman–Crippen LogP) is -2.28. The van der Waals surface area contributed by atoms with Gasteiger partial charge in [0, 0.05) is 45.6 Å². The Morgan fingerprint density at radius 3 is 2.75 bits per heavy atom. The fourth-order valence-electron chi connectivity index (χ4n) is 1.77. The van der Waals surface area contributed by atoms with E-state index in [4.69, 9.17) is 10.8 Å². The second-order valence-corrected chi connectivity index (χ2v) is 5.10. The van der Waals surface area contributed by atoms with Crippen LogP contribution < -0.4 is 61.7 Å². The standard InChI is InChI=1S/C12H17N4OS.K.Zn.H/c1-8-11(3-4-17)18-7-16(8)6-10-5-14-9(2)15-12(10)13;;;/h5,7,17H,3-4,6H2,1-2H3,(H2,13,14,15);;;/q2*+1;;-1. The molecule has 0 spiro atoms. The maximum absolute atomic E-state index is 8.98. The molecule has 0 aliphatic heterocycles. The van der Waals surface area contributed by atoms with Gasteiger partial charge in [0.2, 0.25) is 5.51 Å². The number of hydrogen-bond donors (Lipinski definition) is 2. The summed E-state index contributed by atoms with van der Waals surface area (Å²) < 4.78 is 2.11. The first-order valence-corrected chi connectivity index (χ1v) is 6.65. The van der Waals surface area contributed by atoms with Crippen LogP contribution in [0.4, 0.5) is 5.82 Å². The molecule has 2 heterocycles. The van der Waals surface area contributed by atoms with Gasteiger partial charge in [-0.1, -0.05) is 11.3 Å². The van der Waals surface area contributed by atoms with Gasteiger partial charge in [0.1, 0.15) is 11.6 Å². The van der Waals surface area contributed by atoms with Crippen LogP contribution in [0.2, 0.25) is 0 Å². The molecule has 0 atom stereocenters. The van der Waals surface area contributed by atoms with Crippen molar-refractivity contribution in [2.45, 2.75) is 26.8 Å². The van der Waals surface area contributed by atoms with Crippen molar-refractivity contribution in [3.05, 3.63) is 33.7 Å². The molecule has 2 aromatic rings. The van der Waals surface area contributed by atoms with Crippen LogP contribution in [0.15, 0.2) is 11.7 Å². The van der Waals surface area contributed by atoms with E-state index >= 15 is 0 Å². The fourth-order valence-corrected chi connectivity index (χ4v) is 2.75. The van der Waals surface area contributed by atoms with Crippen molar-refractivity contribution < 1.29 is 82.0 Å². The van der Waals surface area contributed by atoms with Gasteiger partial charge in [-0.15, -0.1) is 0 Å². The molecule has 5 nitrogen and oxygen atoms in total. The Bertz CT molecular complexity index is 570. The van der Waals surface area contributed by atoms with Crippen molar-refractivity contribution in [1.29, 1.82) is 0 Å². The predicted molar refractivity (Wildman–Crippen MR) is 71.4 cm³/mol. The van der Waals surface area contributed by atoms with E-state index in [9.17, 15) is 0 Å². The first kappa shape index (κ1) is 20.7. The Labute approximate surface area is 179 Å². The van der Waals surface area contributed by atoms with Gasteiger partial charge >= 0.3 is 51.4 Å². The number of anilines is 1. The number of thiazole rings is 1. The first-order chi connectivity index (χ1) is 8.61. The molecule has 0 saturated heterocycles. The molecule has 0 fully saturated rings. The number of aromatic nitrogens is 3. The van der Waals surface area contributed by atoms with E-state index in [1.54, 1.807) is 17.5 Å². The van der Waals surface area contributed by atoms with Crippen LogP contribution in [0, 0.1) is 13.8 Å². The number of aryl methyl sites for hydroxylation is 1. The zero-order chi connectivity index (χ0) is 13.1. The van der Waals surface area contributed by atoms with Crippen molar-refractivity contribution in [1.82, 2.24) is 9.97 Å². The Morgan fingerprint density at radius 2 is 2.15 bits per heavy atom. The molecule has 0 aliphatic rings. The second kappa shape index (κ2) is 9.69. The number of hydrogen-bond acceptors (Lipinski definition) is 5. The molecule has 100 valence electrons. The molecule has 2 rings (SSSR count). The van der Waals surface area contributed by atoms with Crippen LogP contribution in [-0.4, -0.2) is 21.7 Å². The molecule has 0 saturated carbocycles. The summed E-state index contributed by atoms with van der Waals surface area (Å²) in [6, 6.07) is 0. The SMILES string of the molecule is Cc1ncc(C[n+]2csc(CCO)c2C)c(N)n1.[H-].[K+].[Zn]. The van der Waals surface area contributed by atoms with E-state index < -0.39 is 0 Å². The molecule has 0 unspecified atom stereocenters. The fraction of sp³-hybridized carbons (Fsp3) is 0.417. The van der Waals surface area contributed by atoms with Crippen molar-refractivity contribution in [3.8, 4) is 0 Å². The minimum atomic E-state index is 0. The van der Waals surface area contributed by atoms with Crippen LogP contribution in [0.5, 0.6) is 0 Å². The van der Waals surface area contributed by atoms with E-state index in [1.165, 1.54) is 4.88 Å². The number of nitrogens with zero attached hydrogens (tertiary/aromatic N) is 3. The number of rotatable bonds is 4. The molecule has 0 bridgehead atoms. The molecule has 0 amide bonds. The molecule has 8 heteroatoms. The second-order valence-electron chi connectivity index (χ2n) is 4.16. The minimum Gasteiger partial charge on any atom is -1.00 e. The molecule has 20 heavy (non-hydrogen) atoms. The zero-order valence-electron chi connectivity index (χ0n) is 13.3. The summed E-state index contributed by atoms with van der Waals surface area (Å²) in [5.74, 6) is 1.22. The van der Waals surface area contributed by atoms with E-state index in [2.05, 4.69) is 14.5 Å². The summed E-state index contributed by atoms with van der Waals surface area (Å²) in [5.41, 5.74) is 10.0. The van der Waals surface area contributed by atoms with Gasteiger partial charge in [0.25, 0.3) is 0 Å². The Kier molecular flexibility index (Phi) is 10.0. The maximum atomic E-state index is 8.98. The molecule has 2 aromatic heterocycles. The van der Waals surface area contributed by atoms with Crippen molar-refractivity contribution in [2.75, 3.05) is 12.3 Å². The average Bonchev–Trinajstić information content (AvgIpc) is 2.66. The summed E-state index contributed by atoms with van der Waals surface area (Å²) in [7, 11) is 0. The molecular weight excluding hydrogens is 353 g/mol.